The highest BCUT2D eigenvalue weighted by Gasteiger charge is 2.51. The molecular formula is C19H20Cl2N2O5. The van der Waals surface area contributed by atoms with E-state index in [2.05, 4.69) is 5.32 Å². The minimum absolute atomic E-state index is 0.217. The maximum atomic E-state index is 12.5. The van der Waals surface area contributed by atoms with Gasteiger partial charge in [-0.25, -0.2) is 4.79 Å². The molecule has 1 heterocycles. The smallest absolute Gasteiger partial charge is 0.329 e. The van der Waals surface area contributed by atoms with Crippen molar-refractivity contribution in [2.75, 3.05) is 11.9 Å². The molecule has 0 spiro atoms. The quantitative estimate of drug-likeness (QED) is 0.576. The molecular weight excluding hydrogens is 407 g/mol. The number of likely N-dealkylation sites (tertiary alicyclic amines) is 1. The van der Waals surface area contributed by atoms with Crippen molar-refractivity contribution in [3.8, 4) is 0 Å². The number of fused-ring (bicyclic) bond motifs is 1. The molecule has 2 fully saturated rings. The summed E-state index contributed by atoms with van der Waals surface area (Å²) < 4.78 is 5.00. The first-order valence-electron chi connectivity index (χ1n) is 9.08. The van der Waals surface area contributed by atoms with E-state index >= 15 is 0 Å². The Kier molecular flexibility index (Phi) is 6.25. The van der Waals surface area contributed by atoms with Crippen molar-refractivity contribution >= 4 is 52.6 Å². The lowest BCUT2D eigenvalue weighted by Gasteiger charge is -2.21. The summed E-state index contributed by atoms with van der Waals surface area (Å²) in [6, 6.07) is 3.66. The molecule has 3 amide bonds. The molecule has 1 aromatic carbocycles. The molecule has 7 nitrogen and oxygen atoms in total. The normalized spacial score (nSPS) is 22.6. The molecule has 1 aromatic rings. The standard InChI is InChI=1S/C19H20Cl2N2O5/c1-10(23-17(25)11-5-2-3-6-12(11)18(23)26)19(27)28-9-15(24)22-16-13(20)7-4-8-14(16)21/h4,7-8,10-12H,2-3,5-6,9H2,1H3,(H,22,24). The SMILES string of the molecule is CC(C(=O)OCC(=O)Nc1c(Cl)cccc1Cl)N1C(=O)C2CCCCC2C1=O. The van der Waals surface area contributed by atoms with Gasteiger partial charge in [-0.15, -0.1) is 0 Å². The predicted octanol–water partition coefficient (Wildman–Crippen LogP) is 3.04. The van der Waals surface area contributed by atoms with Gasteiger partial charge in [0.2, 0.25) is 11.8 Å². The summed E-state index contributed by atoms with van der Waals surface area (Å²) in [5.41, 5.74) is 0.217. The molecule has 0 aromatic heterocycles. The Morgan fingerprint density at radius 2 is 1.68 bits per heavy atom. The fourth-order valence-electron chi connectivity index (χ4n) is 3.73. The van der Waals surface area contributed by atoms with Crippen LogP contribution < -0.4 is 5.32 Å². The first-order valence-corrected chi connectivity index (χ1v) is 9.84. The zero-order valence-electron chi connectivity index (χ0n) is 15.2. The van der Waals surface area contributed by atoms with Crippen LogP contribution in [0.25, 0.3) is 0 Å². The van der Waals surface area contributed by atoms with Gasteiger partial charge in [0.1, 0.15) is 6.04 Å². The number of imide groups is 1. The molecule has 150 valence electrons. The minimum atomic E-state index is -1.08. The molecule has 1 aliphatic heterocycles. The molecule has 28 heavy (non-hydrogen) atoms. The van der Waals surface area contributed by atoms with E-state index in [-0.39, 0.29) is 39.4 Å². The fourth-order valence-corrected chi connectivity index (χ4v) is 4.22. The van der Waals surface area contributed by atoms with Gasteiger partial charge in [-0.05, 0) is 31.9 Å². The lowest BCUT2D eigenvalue weighted by atomic mass is 9.81. The van der Waals surface area contributed by atoms with Gasteiger partial charge in [0.15, 0.2) is 6.61 Å². The monoisotopic (exact) mass is 426 g/mol. The Morgan fingerprint density at radius 3 is 2.21 bits per heavy atom. The van der Waals surface area contributed by atoms with Gasteiger partial charge in [0.25, 0.3) is 5.91 Å². The second kappa shape index (κ2) is 8.49. The van der Waals surface area contributed by atoms with Crippen molar-refractivity contribution < 1.29 is 23.9 Å². The average Bonchev–Trinajstić information content (AvgIpc) is 2.93. The first kappa shape index (κ1) is 20.6. The lowest BCUT2D eigenvalue weighted by molar-refractivity contribution is -0.159. The van der Waals surface area contributed by atoms with Crippen LogP contribution in [-0.4, -0.2) is 41.2 Å². The second-order valence-electron chi connectivity index (χ2n) is 6.97. The topological polar surface area (TPSA) is 92.8 Å². The van der Waals surface area contributed by atoms with Crippen LogP contribution in [0.15, 0.2) is 18.2 Å². The van der Waals surface area contributed by atoms with E-state index in [1.807, 2.05) is 0 Å². The van der Waals surface area contributed by atoms with E-state index in [1.54, 1.807) is 18.2 Å². The Bertz CT molecular complexity index is 784. The zero-order valence-corrected chi connectivity index (χ0v) is 16.8. The minimum Gasteiger partial charge on any atom is -0.454 e. The van der Waals surface area contributed by atoms with Crippen molar-refractivity contribution in [1.82, 2.24) is 4.90 Å². The highest BCUT2D eigenvalue weighted by atomic mass is 35.5. The van der Waals surface area contributed by atoms with E-state index in [1.165, 1.54) is 6.92 Å². The van der Waals surface area contributed by atoms with Crippen molar-refractivity contribution in [3.05, 3.63) is 28.2 Å². The van der Waals surface area contributed by atoms with Crippen molar-refractivity contribution in [2.45, 2.75) is 38.6 Å². The van der Waals surface area contributed by atoms with Crippen LogP contribution in [0.2, 0.25) is 10.0 Å². The van der Waals surface area contributed by atoms with Gasteiger partial charge in [-0.1, -0.05) is 42.1 Å². The number of ether oxygens (including phenoxy) is 1. The second-order valence-corrected chi connectivity index (χ2v) is 7.79. The summed E-state index contributed by atoms with van der Waals surface area (Å²) in [7, 11) is 0. The highest BCUT2D eigenvalue weighted by Crippen LogP contribution is 2.39. The van der Waals surface area contributed by atoms with E-state index in [4.69, 9.17) is 27.9 Å². The molecule has 1 aliphatic carbocycles. The van der Waals surface area contributed by atoms with Crippen LogP contribution in [0.4, 0.5) is 5.69 Å². The third-order valence-electron chi connectivity index (χ3n) is 5.18. The summed E-state index contributed by atoms with van der Waals surface area (Å²) in [6.45, 7) is 0.839. The van der Waals surface area contributed by atoms with Gasteiger partial charge < -0.3 is 10.1 Å². The van der Waals surface area contributed by atoms with E-state index in [0.717, 1.165) is 17.7 Å². The first-order chi connectivity index (χ1) is 13.3. The summed E-state index contributed by atoms with van der Waals surface area (Å²) in [6.07, 6.45) is 3.12. The largest absolute Gasteiger partial charge is 0.454 e. The molecule has 3 rings (SSSR count). The number of halogens is 2. The van der Waals surface area contributed by atoms with E-state index in [0.29, 0.717) is 12.8 Å². The van der Waals surface area contributed by atoms with Crippen LogP contribution in [0, 0.1) is 11.8 Å². The molecule has 3 unspecified atom stereocenters. The maximum absolute atomic E-state index is 12.5. The Morgan fingerprint density at radius 1 is 1.14 bits per heavy atom. The molecule has 2 aliphatic rings. The molecule has 1 N–H and O–H groups in total. The van der Waals surface area contributed by atoms with Crippen molar-refractivity contribution in [3.63, 3.8) is 0 Å². The number of hydrogen-bond donors (Lipinski definition) is 1. The number of para-hydroxylation sites is 1. The number of nitrogens with zero attached hydrogens (tertiary/aromatic N) is 1. The summed E-state index contributed by atoms with van der Waals surface area (Å²) in [5.74, 6) is -2.80. The van der Waals surface area contributed by atoms with Crippen molar-refractivity contribution in [1.29, 1.82) is 0 Å². The molecule has 3 atom stereocenters. The number of esters is 1. The van der Waals surface area contributed by atoms with Crippen LogP contribution >= 0.6 is 23.2 Å². The molecule has 0 radical (unpaired) electrons. The number of amides is 3. The summed E-state index contributed by atoms with van der Waals surface area (Å²) in [5, 5.41) is 2.97. The number of rotatable bonds is 5. The van der Waals surface area contributed by atoms with Crippen LogP contribution in [0.5, 0.6) is 0 Å². The molecule has 0 bridgehead atoms. The van der Waals surface area contributed by atoms with E-state index < -0.39 is 24.5 Å². The van der Waals surface area contributed by atoms with Gasteiger partial charge in [-0.2, -0.15) is 0 Å². The van der Waals surface area contributed by atoms with Gasteiger partial charge in [-0.3, -0.25) is 19.3 Å². The highest BCUT2D eigenvalue weighted by molar-refractivity contribution is 6.39. The average molecular weight is 427 g/mol. The van der Waals surface area contributed by atoms with Crippen LogP contribution in [0.1, 0.15) is 32.6 Å². The Labute approximate surface area is 172 Å². The number of anilines is 1. The zero-order chi connectivity index (χ0) is 20.4. The third kappa shape index (κ3) is 4.00. The Hall–Kier alpha value is -2.12. The summed E-state index contributed by atoms with van der Waals surface area (Å²) >= 11 is 12.0. The van der Waals surface area contributed by atoms with Gasteiger partial charge >= 0.3 is 5.97 Å². The van der Waals surface area contributed by atoms with Gasteiger partial charge in [0, 0.05) is 0 Å². The summed E-state index contributed by atoms with van der Waals surface area (Å²) in [4.78, 5) is 50.4. The third-order valence-corrected chi connectivity index (χ3v) is 5.81. The molecule has 1 saturated heterocycles. The number of benzene rings is 1. The number of carbonyl (C=O) groups excluding carboxylic acids is 4. The van der Waals surface area contributed by atoms with Crippen LogP contribution in [-0.2, 0) is 23.9 Å². The number of carbonyl (C=O) groups is 4. The van der Waals surface area contributed by atoms with Gasteiger partial charge in [0.05, 0.1) is 27.6 Å². The Balaban J connectivity index is 1.58. The fraction of sp³-hybridized carbons (Fsp3) is 0.474. The molecule has 1 saturated carbocycles. The lowest BCUT2D eigenvalue weighted by Crippen LogP contribution is -2.45. The molecule has 9 heteroatoms. The number of hydrogen-bond acceptors (Lipinski definition) is 5. The van der Waals surface area contributed by atoms with Crippen molar-refractivity contribution in [2.24, 2.45) is 11.8 Å². The van der Waals surface area contributed by atoms with Crippen LogP contribution in [0.3, 0.4) is 0 Å². The number of nitrogens with one attached hydrogen (secondary N) is 1. The predicted molar refractivity (Wildman–Crippen MR) is 103 cm³/mol. The maximum Gasteiger partial charge on any atom is 0.329 e. The van der Waals surface area contributed by atoms with E-state index in [9.17, 15) is 19.2 Å².